The molecule has 7 rings (SSSR count). The van der Waals surface area contributed by atoms with Crippen LogP contribution in [0, 0.1) is 11.8 Å². The van der Waals surface area contributed by atoms with Gasteiger partial charge in [0.05, 0.1) is 11.4 Å². The Bertz CT molecular complexity index is 1250. The highest BCUT2D eigenvalue weighted by molar-refractivity contribution is 5.68. The van der Waals surface area contributed by atoms with Crippen LogP contribution in [0.15, 0.2) is 79.1 Å². The minimum absolute atomic E-state index is 0.0908. The maximum absolute atomic E-state index is 12.4. The van der Waals surface area contributed by atoms with E-state index in [9.17, 15) is 4.79 Å². The molecule has 0 radical (unpaired) electrons. The molecule has 1 amide bonds. The lowest BCUT2D eigenvalue weighted by Gasteiger charge is -2.42. The number of likely N-dealkylation sites (tertiary alicyclic amines) is 1. The van der Waals surface area contributed by atoms with Crippen molar-refractivity contribution in [2.45, 2.75) is 43.5 Å². The van der Waals surface area contributed by atoms with Crippen LogP contribution in [0.1, 0.15) is 42.6 Å². The van der Waals surface area contributed by atoms with Gasteiger partial charge in [-0.25, -0.2) is 4.79 Å². The van der Waals surface area contributed by atoms with Gasteiger partial charge in [-0.3, -0.25) is 9.97 Å². The summed E-state index contributed by atoms with van der Waals surface area (Å²) in [5, 5.41) is 10.4. The third-order valence-corrected chi connectivity index (χ3v) is 8.89. The van der Waals surface area contributed by atoms with E-state index >= 15 is 0 Å². The number of nitrogens with zero attached hydrogens (tertiary/aromatic N) is 3. The van der Waals surface area contributed by atoms with Gasteiger partial charge in [-0.1, -0.05) is 42.5 Å². The van der Waals surface area contributed by atoms with E-state index in [0.717, 1.165) is 69.4 Å². The summed E-state index contributed by atoms with van der Waals surface area (Å²) < 4.78 is 17.7. The number of rotatable bonds is 4. The molecular formula is C33H42N4O5. The highest BCUT2D eigenvalue weighted by Gasteiger charge is 2.51. The summed E-state index contributed by atoms with van der Waals surface area (Å²) in [6.45, 7) is 5.29. The zero-order valence-corrected chi connectivity index (χ0v) is 24.4. The number of pyridine rings is 2. The van der Waals surface area contributed by atoms with Crippen molar-refractivity contribution in [1.82, 2.24) is 20.2 Å². The molecule has 0 aliphatic carbocycles. The Morgan fingerprint density at radius 2 is 1.52 bits per heavy atom. The molecule has 9 heteroatoms. The van der Waals surface area contributed by atoms with Gasteiger partial charge in [-0.2, -0.15) is 0 Å². The van der Waals surface area contributed by atoms with Crippen LogP contribution in [0.5, 0.6) is 0 Å². The largest absolute Gasteiger partial charge is 0.445 e. The highest BCUT2D eigenvalue weighted by atomic mass is 16.6. The Balaban J connectivity index is 0.000000176. The number of aromatic nitrogens is 2. The topological polar surface area (TPSA) is 106 Å². The fourth-order valence-electron chi connectivity index (χ4n) is 6.76. The summed E-state index contributed by atoms with van der Waals surface area (Å²) in [6, 6.07) is 21.8. The quantitative estimate of drug-likeness (QED) is 0.476. The van der Waals surface area contributed by atoms with Crippen LogP contribution in [0.3, 0.4) is 0 Å². The molecule has 4 atom stereocenters. The zero-order chi connectivity index (χ0) is 29.3. The number of amides is 1. The van der Waals surface area contributed by atoms with Crippen molar-refractivity contribution in [2.75, 3.05) is 46.5 Å². The first-order valence-corrected chi connectivity index (χ1v) is 14.9. The number of nitrogens with one attached hydrogen (secondary N) is 1. The predicted octanol–water partition coefficient (Wildman–Crippen LogP) is 4.27. The van der Waals surface area contributed by atoms with Crippen molar-refractivity contribution in [3.05, 3.63) is 96.1 Å². The van der Waals surface area contributed by atoms with Gasteiger partial charge < -0.3 is 29.5 Å². The van der Waals surface area contributed by atoms with E-state index in [4.69, 9.17) is 19.3 Å². The highest BCUT2D eigenvalue weighted by Crippen LogP contribution is 2.46. The van der Waals surface area contributed by atoms with Crippen molar-refractivity contribution in [3.63, 3.8) is 0 Å². The van der Waals surface area contributed by atoms with E-state index in [0.29, 0.717) is 32.2 Å². The molecule has 0 spiro atoms. The maximum Gasteiger partial charge on any atom is 0.410 e. The molecular weight excluding hydrogens is 532 g/mol. The molecule has 1 aromatic carbocycles. The van der Waals surface area contributed by atoms with E-state index in [1.807, 2.05) is 71.9 Å². The second kappa shape index (κ2) is 14.2. The molecule has 4 aliphatic heterocycles. The van der Waals surface area contributed by atoms with Gasteiger partial charge >= 0.3 is 6.09 Å². The first-order chi connectivity index (χ1) is 20.7. The number of aliphatic hydroxyl groups excluding tert-OH is 1. The van der Waals surface area contributed by atoms with Crippen molar-refractivity contribution >= 4 is 6.09 Å². The molecule has 6 heterocycles. The van der Waals surface area contributed by atoms with E-state index in [2.05, 4.69) is 27.4 Å². The second-order valence-electron chi connectivity index (χ2n) is 11.1. The lowest BCUT2D eigenvalue weighted by atomic mass is 9.78. The number of fused-ring (bicyclic) bond motifs is 2. The van der Waals surface area contributed by atoms with E-state index in [1.54, 1.807) is 0 Å². The monoisotopic (exact) mass is 574 g/mol. The molecule has 42 heavy (non-hydrogen) atoms. The fourth-order valence-corrected chi connectivity index (χ4v) is 6.76. The summed E-state index contributed by atoms with van der Waals surface area (Å²) >= 11 is 0. The number of carbonyl (C=O) groups is 1. The minimum Gasteiger partial charge on any atom is -0.445 e. The third-order valence-electron chi connectivity index (χ3n) is 8.89. The average Bonchev–Trinajstić information content (AvgIpc) is 3.72. The minimum atomic E-state index is -0.350. The first kappa shape index (κ1) is 30.1. The molecule has 4 unspecified atom stereocenters. The molecule has 9 nitrogen and oxygen atoms in total. The van der Waals surface area contributed by atoms with Gasteiger partial charge in [0, 0.05) is 70.6 Å². The Hall–Kier alpha value is -3.37. The fraction of sp³-hybridized carbons (Fsp3) is 0.485. The smallest absolute Gasteiger partial charge is 0.410 e. The standard InChI is InChI=1S/C20H22N2O3.C12H16N2O.CH4O/c23-19(24-15-16-6-2-1-3-7-16)22-12-10-20(17(14-22)9-13-25-20)18-8-4-5-11-21-18;1-2-6-14-11(3-1)12-5-7-13-9-10(12)4-8-15-12;1-2/h1-8,11,17H,9-10,12-15H2;1-3,6,10,13H,4-5,7-9H2;2H,1H3. The Morgan fingerprint density at radius 1 is 0.905 bits per heavy atom. The van der Waals surface area contributed by atoms with Gasteiger partial charge in [0.1, 0.15) is 17.8 Å². The van der Waals surface area contributed by atoms with E-state index in [-0.39, 0.29) is 23.2 Å². The van der Waals surface area contributed by atoms with Gasteiger partial charge in [0.15, 0.2) is 0 Å². The Morgan fingerprint density at radius 3 is 2.17 bits per heavy atom. The number of aliphatic hydroxyl groups is 1. The summed E-state index contributed by atoms with van der Waals surface area (Å²) in [4.78, 5) is 23.3. The van der Waals surface area contributed by atoms with Crippen LogP contribution < -0.4 is 5.32 Å². The van der Waals surface area contributed by atoms with E-state index in [1.165, 1.54) is 0 Å². The summed E-state index contributed by atoms with van der Waals surface area (Å²) in [5.74, 6) is 0.863. The van der Waals surface area contributed by atoms with Crippen molar-refractivity contribution in [3.8, 4) is 0 Å². The van der Waals surface area contributed by atoms with Crippen LogP contribution in [0.2, 0.25) is 0 Å². The second-order valence-corrected chi connectivity index (χ2v) is 11.1. The van der Waals surface area contributed by atoms with Crippen LogP contribution in [-0.4, -0.2) is 72.6 Å². The molecule has 0 bridgehead atoms. The van der Waals surface area contributed by atoms with Gasteiger partial charge in [-0.15, -0.1) is 0 Å². The third kappa shape index (κ3) is 6.34. The summed E-state index contributed by atoms with van der Waals surface area (Å²) in [7, 11) is 1.00. The molecule has 2 N–H and O–H groups in total. The van der Waals surface area contributed by atoms with Crippen molar-refractivity contribution < 1.29 is 24.1 Å². The predicted molar refractivity (Wildman–Crippen MR) is 158 cm³/mol. The van der Waals surface area contributed by atoms with Crippen molar-refractivity contribution in [1.29, 1.82) is 0 Å². The molecule has 224 valence electrons. The lowest BCUT2D eigenvalue weighted by molar-refractivity contribution is -0.0698. The van der Waals surface area contributed by atoms with Gasteiger partial charge in [-0.05, 0) is 55.6 Å². The molecule has 4 saturated heterocycles. The van der Waals surface area contributed by atoms with Crippen LogP contribution >= 0.6 is 0 Å². The SMILES string of the molecule is CO.O=C(OCc1ccccc1)N1CCC2(c3ccccn3)OCCC2C1.c1ccc(C23CCNCC2CCO3)nc1. The van der Waals surface area contributed by atoms with Crippen LogP contribution in [0.4, 0.5) is 4.79 Å². The number of piperidine rings is 2. The zero-order valence-electron chi connectivity index (χ0n) is 24.4. The molecule has 2 aromatic heterocycles. The van der Waals surface area contributed by atoms with Crippen LogP contribution in [-0.2, 0) is 32.0 Å². The Kier molecular flexibility index (Phi) is 10.2. The number of carbonyl (C=O) groups excluding carboxylic acids is 1. The molecule has 3 aromatic rings. The first-order valence-electron chi connectivity index (χ1n) is 14.9. The van der Waals surface area contributed by atoms with Crippen LogP contribution in [0.25, 0.3) is 0 Å². The summed E-state index contributed by atoms with van der Waals surface area (Å²) in [5.41, 5.74) is 2.66. The molecule has 4 fully saturated rings. The van der Waals surface area contributed by atoms with Crippen molar-refractivity contribution in [2.24, 2.45) is 11.8 Å². The number of hydrogen-bond acceptors (Lipinski definition) is 8. The Labute approximate surface area is 248 Å². The van der Waals surface area contributed by atoms with E-state index < -0.39 is 0 Å². The van der Waals surface area contributed by atoms with Gasteiger partial charge in [0.2, 0.25) is 0 Å². The summed E-state index contributed by atoms with van der Waals surface area (Å²) in [6.07, 6.45) is 7.34. The molecule has 0 saturated carbocycles. The number of hydrogen-bond donors (Lipinski definition) is 2. The number of ether oxygens (including phenoxy) is 3. The molecule has 4 aliphatic rings. The van der Waals surface area contributed by atoms with Gasteiger partial charge in [0.25, 0.3) is 0 Å². The maximum atomic E-state index is 12.4. The lowest BCUT2D eigenvalue weighted by Crippen LogP contribution is -2.50. The average molecular weight is 575 g/mol. The normalized spacial score (nSPS) is 27.8. The number of benzene rings is 1.